The molecule has 2 atom stereocenters. The fraction of sp³-hybridized carbons (Fsp3) is 0.333. The molecule has 2 aromatic rings. The molecule has 0 heterocycles. The Kier molecular flexibility index (Phi) is 3.16. The Labute approximate surface area is 114 Å². The molecule has 0 fully saturated rings. The zero-order valence-corrected chi connectivity index (χ0v) is 11.3. The Morgan fingerprint density at radius 1 is 1.00 bits per heavy atom. The van der Waals surface area contributed by atoms with Gasteiger partial charge in [0.05, 0.1) is 5.60 Å². The second-order valence-corrected chi connectivity index (χ2v) is 5.66. The summed E-state index contributed by atoms with van der Waals surface area (Å²) in [5, 5.41) is 11.1. The smallest absolute Gasteiger partial charge is 0.0936 e. The largest absolute Gasteiger partial charge is 0.385 e. The van der Waals surface area contributed by atoms with Crippen molar-refractivity contribution >= 4 is 0 Å². The van der Waals surface area contributed by atoms with Crippen LogP contribution in [0.25, 0.3) is 0 Å². The molecule has 1 nitrogen and oxygen atoms in total. The summed E-state index contributed by atoms with van der Waals surface area (Å²) in [4.78, 5) is 0. The molecule has 1 aliphatic rings. The van der Waals surface area contributed by atoms with E-state index >= 15 is 0 Å². The molecule has 1 aliphatic carbocycles. The van der Waals surface area contributed by atoms with E-state index in [1.807, 2.05) is 37.3 Å². The van der Waals surface area contributed by atoms with Gasteiger partial charge in [0.15, 0.2) is 0 Å². The highest BCUT2D eigenvalue weighted by atomic mass is 16.3. The van der Waals surface area contributed by atoms with Gasteiger partial charge in [-0.25, -0.2) is 0 Å². The lowest BCUT2D eigenvalue weighted by Crippen LogP contribution is -2.32. The summed E-state index contributed by atoms with van der Waals surface area (Å²) in [5.74, 6) is 0.194. The van der Waals surface area contributed by atoms with E-state index < -0.39 is 5.60 Å². The average molecular weight is 252 g/mol. The van der Waals surface area contributed by atoms with Crippen LogP contribution in [0.5, 0.6) is 0 Å². The van der Waals surface area contributed by atoms with Crippen molar-refractivity contribution in [3.05, 3.63) is 71.3 Å². The first-order valence-corrected chi connectivity index (χ1v) is 7.05. The van der Waals surface area contributed by atoms with E-state index in [-0.39, 0.29) is 5.92 Å². The van der Waals surface area contributed by atoms with Crippen molar-refractivity contribution in [3.63, 3.8) is 0 Å². The predicted octanol–water partition coefficient (Wildman–Crippen LogP) is 4.01. The zero-order chi connectivity index (χ0) is 13.3. The van der Waals surface area contributed by atoms with Gasteiger partial charge in [-0.15, -0.1) is 0 Å². The molecule has 0 bridgehead atoms. The third kappa shape index (κ3) is 2.19. The first-order valence-electron chi connectivity index (χ1n) is 7.05. The average Bonchev–Trinajstić information content (AvgIpc) is 2.47. The second-order valence-electron chi connectivity index (χ2n) is 5.66. The van der Waals surface area contributed by atoms with Crippen molar-refractivity contribution in [2.45, 2.75) is 37.7 Å². The Morgan fingerprint density at radius 2 is 1.68 bits per heavy atom. The lowest BCUT2D eigenvalue weighted by Gasteiger charge is -2.37. The summed E-state index contributed by atoms with van der Waals surface area (Å²) in [7, 11) is 0. The predicted molar refractivity (Wildman–Crippen MR) is 78.1 cm³/mol. The lowest BCUT2D eigenvalue weighted by atomic mass is 9.71. The minimum atomic E-state index is -0.794. The normalized spacial score (nSPS) is 21.5. The summed E-state index contributed by atoms with van der Waals surface area (Å²) < 4.78 is 0. The van der Waals surface area contributed by atoms with E-state index in [1.165, 1.54) is 11.1 Å². The molecule has 0 spiro atoms. The molecular weight excluding hydrogens is 232 g/mol. The van der Waals surface area contributed by atoms with Gasteiger partial charge in [-0.05, 0) is 42.9 Å². The topological polar surface area (TPSA) is 20.2 Å². The van der Waals surface area contributed by atoms with Crippen LogP contribution in [0.3, 0.4) is 0 Å². The maximum Gasteiger partial charge on any atom is 0.0936 e. The van der Waals surface area contributed by atoms with Gasteiger partial charge in [0.2, 0.25) is 0 Å². The van der Waals surface area contributed by atoms with E-state index in [2.05, 4.69) is 24.3 Å². The molecule has 2 aromatic carbocycles. The summed E-state index contributed by atoms with van der Waals surface area (Å²) in [6.45, 7) is 1.95. The van der Waals surface area contributed by atoms with Crippen molar-refractivity contribution in [1.82, 2.24) is 0 Å². The first kappa shape index (κ1) is 12.4. The molecular formula is C18H20O. The van der Waals surface area contributed by atoms with Gasteiger partial charge in [-0.2, -0.15) is 0 Å². The molecule has 1 heteroatoms. The Morgan fingerprint density at radius 3 is 2.47 bits per heavy atom. The van der Waals surface area contributed by atoms with E-state index in [1.54, 1.807) is 0 Å². The highest BCUT2D eigenvalue weighted by Gasteiger charge is 2.36. The van der Waals surface area contributed by atoms with Gasteiger partial charge in [-0.1, -0.05) is 54.6 Å². The van der Waals surface area contributed by atoms with Gasteiger partial charge in [0.25, 0.3) is 0 Å². The van der Waals surface area contributed by atoms with Crippen LogP contribution in [0, 0.1) is 0 Å². The number of hydrogen-bond donors (Lipinski definition) is 1. The molecule has 0 aromatic heterocycles. The summed E-state index contributed by atoms with van der Waals surface area (Å²) in [5.41, 5.74) is 2.94. The third-order valence-corrected chi connectivity index (χ3v) is 4.41. The van der Waals surface area contributed by atoms with Crippen LogP contribution in [0.2, 0.25) is 0 Å². The van der Waals surface area contributed by atoms with Crippen molar-refractivity contribution in [3.8, 4) is 0 Å². The standard InChI is InChI=1S/C18H20O/c1-18(19,15-10-3-2-4-11-15)17-13-7-9-14-8-5-6-12-16(14)17/h2-6,8,10-12,17,19H,7,9,13H2,1H3. The number of aryl methyl sites for hydroxylation is 1. The summed E-state index contributed by atoms with van der Waals surface area (Å²) in [6, 6.07) is 18.6. The number of fused-ring (bicyclic) bond motifs is 1. The van der Waals surface area contributed by atoms with Gasteiger partial charge in [0, 0.05) is 5.92 Å². The van der Waals surface area contributed by atoms with Crippen molar-refractivity contribution in [2.75, 3.05) is 0 Å². The Bertz CT molecular complexity index is 557. The molecule has 98 valence electrons. The number of aliphatic hydroxyl groups is 1. The van der Waals surface area contributed by atoms with E-state index in [0.717, 1.165) is 24.8 Å². The summed E-state index contributed by atoms with van der Waals surface area (Å²) in [6.07, 6.45) is 3.35. The number of benzene rings is 2. The molecule has 3 rings (SSSR count). The SMILES string of the molecule is CC(O)(c1ccccc1)C1CCCc2ccccc21. The van der Waals surface area contributed by atoms with Crippen molar-refractivity contribution in [1.29, 1.82) is 0 Å². The quantitative estimate of drug-likeness (QED) is 0.856. The molecule has 1 N–H and O–H groups in total. The van der Waals surface area contributed by atoms with Gasteiger partial charge in [0.1, 0.15) is 0 Å². The van der Waals surface area contributed by atoms with Crippen molar-refractivity contribution < 1.29 is 5.11 Å². The molecule has 0 amide bonds. The van der Waals surface area contributed by atoms with Crippen LogP contribution >= 0.6 is 0 Å². The van der Waals surface area contributed by atoms with Crippen LogP contribution in [0.15, 0.2) is 54.6 Å². The summed E-state index contributed by atoms with van der Waals surface area (Å²) >= 11 is 0. The van der Waals surface area contributed by atoms with Crippen LogP contribution in [-0.2, 0) is 12.0 Å². The van der Waals surface area contributed by atoms with Crippen LogP contribution in [0.4, 0.5) is 0 Å². The molecule has 0 radical (unpaired) electrons. The monoisotopic (exact) mass is 252 g/mol. The lowest BCUT2D eigenvalue weighted by molar-refractivity contribution is 0.0204. The number of rotatable bonds is 2. The first-order chi connectivity index (χ1) is 9.19. The Hall–Kier alpha value is -1.60. The molecule has 0 saturated heterocycles. The minimum Gasteiger partial charge on any atom is -0.385 e. The van der Waals surface area contributed by atoms with Crippen LogP contribution in [0.1, 0.15) is 42.4 Å². The van der Waals surface area contributed by atoms with E-state index in [0.29, 0.717) is 0 Å². The van der Waals surface area contributed by atoms with Crippen molar-refractivity contribution in [2.24, 2.45) is 0 Å². The van der Waals surface area contributed by atoms with Crippen LogP contribution < -0.4 is 0 Å². The molecule has 2 unspecified atom stereocenters. The van der Waals surface area contributed by atoms with E-state index in [9.17, 15) is 5.11 Å². The van der Waals surface area contributed by atoms with Gasteiger partial charge in [-0.3, -0.25) is 0 Å². The number of hydrogen-bond acceptors (Lipinski definition) is 1. The maximum atomic E-state index is 11.1. The van der Waals surface area contributed by atoms with Gasteiger partial charge < -0.3 is 5.11 Å². The maximum absolute atomic E-state index is 11.1. The fourth-order valence-corrected chi connectivity index (χ4v) is 3.31. The minimum absolute atomic E-state index is 0.194. The third-order valence-electron chi connectivity index (χ3n) is 4.41. The Balaban J connectivity index is 2.03. The van der Waals surface area contributed by atoms with Gasteiger partial charge >= 0.3 is 0 Å². The molecule has 19 heavy (non-hydrogen) atoms. The molecule has 0 saturated carbocycles. The highest BCUT2D eigenvalue weighted by molar-refractivity contribution is 5.37. The second kappa shape index (κ2) is 4.82. The zero-order valence-electron chi connectivity index (χ0n) is 11.3. The highest BCUT2D eigenvalue weighted by Crippen LogP contribution is 2.43. The van der Waals surface area contributed by atoms with Crippen LogP contribution in [-0.4, -0.2) is 5.11 Å². The fourth-order valence-electron chi connectivity index (χ4n) is 3.31. The molecule has 0 aliphatic heterocycles. The van der Waals surface area contributed by atoms with E-state index in [4.69, 9.17) is 0 Å².